The predicted octanol–water partition coefficient (Wildman–Crippen LogP) is 1.94. The molecule has 1 rings (SSSR count). The summed E-state index contributed by atoms with van der Waals surface area (Å²) in [5.41, 5.74) is 0. The first-order valence-corrected chi connectivity index (χ1v) is 5.65. The van der Waals surface area contributed by atoms with Gasteiger partial charge in [-0.25, -0.2) is 0 Å². The lowest BCUT2D eigenvalue weighted by atomic mass is 9.94. The Kier molecular flexibility index (Phi) is 3.92. The number of thioether (sulfide) groups is 1. The molecule has 3 heteroatoms. The lowest BCUT2D eigenvalue weighted by Crippen LogP contribution is -2.22. The maximum Gasteiger partial charge on any atom is 0.308 e. The van der Waals surface area contributed by atoms with Gasteiger partial charge >= 0.3 is 5.97 Å². The van der Waals surface area contributed by atoms with Crippen molar-refractivity contribution in [3.63, 3.8) is 0 Å². The van der Waals surface area contributed by atoms with Crippen molar-refractivity contribution in [3.8, 4) is 0 Å². The maximum atomic E-state index is 11.3. The lowest BCUT2D eigenvalue weighted by molar-refractivity contribution is -0.148. The second-order valence-electron chi connectivity index (χ2n) is 3.16. The van der Waals surface area contributed by atoms with Crippen LogP contribution in [0.25, 0.3) is 0 Å². The minimum Gasteiger partial charge on any atom is -0.466 e. The summed E-state index contributed by atoms with van der Waals surface area (Å²) in [7, 11) is 0. The highest BCUT2D eigenvalue weighted by atomic mass is 32.2. The van der Waals surface area contributed by atoms with E-state index in [2.05, 4.69) is 0 Å². The Morgan fingerprint density at radius 1 is 1.75 bits per heavy atom. The first-order chi connectivity index (χ1) is 5.75. The van der Waals surface area contributed by atoms with Crippen LogP contribution >= 0.6 is 11.8 Å². The predicted molar refractivity (Wildman–Crippen MR) is 51.2 cm³/mol. The van der Waals surface area contributed by atoms with Gasteiger partial charge in [-0.2, -0.15) is 11.8 Å². The van der Waals surface area contributed by atoms with Gasteiger partial charge in [0.25, 0.3) is 0 Å². The van der Waals surface area contributed by atoms with Gasteiger partial charge in [-0.15, -0.1) is 0 Å². The van der Waals surface area contributed by atoms with Crippen LogP contribution in [0.1, 0.15) is 20.3 Å². The van der Waals surface area contributed by atoms with Crippen LogP contribution in [0.5, 0.6) is 0 Å². The average Bonchev–Trinajstić information content (AvgIpc) is 2.55. The fourth-order valence-electron chi connectivity index (χ4n) is 1.41. The molecular formula is C9H16O2S. The molecule has 1 heterocycles. The molecule has 1 fully saturated rings. The van der Waals surface area contributed by atoms with Crippen molar-refractivity contribution >= 4 is 17.7 Å². The number of ether oxygens (including phenoxy) is 1. The Bertz CT molecular complexity index is 153. The van der Waals surface area contributed by atoms with Crippen LogP contribution in [0.4, 0.5) is 0 Å². The van der Waals surface area contributed by atoms with Gasteiger partial charge in [0.1, 0.15) is 0 Å². The van der Waals surface area contributed by atoms with Crippen molar-refractivity contribution in [2.45, 2.75) is 20.3 Å². The fraction of sp³-hybridized carbons (Fsp3) is 0.889. The van der Waals surface area contributed by atoms with Crippen LogP contribution in [0, 0.1) is 11.8 Å². The third-order valence-corrected chi connectivity index (χ3v) is 3.52. The Morgan fingerprint density at radius 2 is 2.50 bits per heavy atom. The summed E-state index contributed by atoms with van der Waals surface area (Å²) < 4.78 is 4.97. The quantitative estimate of drug-likeness (QED) is 0.633. The summed E-state index contributed by atoms with van der Waals surface area (Å²) in [4.78, 5) is 11.3. The van der Waals surface area contributed by atoms with E-state index in [-0.39, 0.29) is 11.9 Å². The first kappa shape index (κ1) is 9.90. The standard InChI is InChI=1S/C9H16O2S/c1-3-11-9(10)7(2)8-4-5-12-6-8/h7-8H,3-6H2,1-2H3. The molecule has 0 aromatic rings. The number of rotatable bonds is 3. The zero-order valence-corrected chi connectivity index (χ0v) is 8.52. The van der Waals surface area contributed by atoms with Crippen molar-refractivity contribution in [2.75, 3.05) is 18.1 Å². The molecule has 1 saturated heterocycles. The van der Waals surface area contributed by atoms with Gasteiger partial charge in [0.15, 0.2) is 0 Å². The minimum absolute atomic E-state index is 0.0231. The van der Waals surface area contributed by atoms with Gasteiger partial charge in [0.05, 0.1) is 12.5 Å². The van der Waals surface area contributed by atoms with E-state index in [0.29, 0.717) is 12.5 Å². The van der Waals surface area contributed by atoms with Gasteiger partial charge in [-0.05, 0) is 30.8 Å². The van der Waals surface area contributed by atoms with E-state index in [1.54, 1.807) is 0 Å². The number of carbonyl (C=O) groups excluding carboxylic acids is 1. The first-order valence-electron chi connectivity index (χ1n) is 4.50. The normalized spacial score (nSPS) is 25.3. The summed E-state index contributed by atoms with van der Waals surface area (Å²) in [5, 5.41) is 0. The molecule has 0 N–H and O–H groups in total. The molecule has 0 spiro atoms. The summed E-state index contributed by atoms with van der Waals surface area (Å²) >= 11 is 1.94. The van der Waals surface area contributed by atoms with Crippen LogP contribution in [0.3, 0.4) is 0 Å². The van der Waals surface area contributed by atoms with Gasteiger partial charge in [-0.3, -0.25) is 4.79 Å². The van der Waals surface area contributed by atoms with Crippen molar-refractivity contribution < 1.29 is 9.53 Å². The van der Waals surface area contributed by atoms with E-state index < -0.39 is 0 Å². The highest BCUT2D eigenvalue weighted by Crippen LogP contribution is 2.30. The maximum absolute atomic E-state index is 11.3. The van der Waals surface area contributed by atoms with Crippen molar-refractivity contribution in [3.05, 3.63) is 0 Å². The smallest absolute Gasteiger partial charge is 0.308 e. The van der Waals surface area contributed by atoms with Crippen LogP contribution in [-0.4, -0.2) is 24.1 Å². The molecule has 0 aromatic carbocycles. The molecule has 0 radical (unpaired) electrons. The van der Waals surface area contributed by atoms with Crippen LogP contribution in [0.2, 0.25) is 0 Å². The highest BCUT2D eigenvalue weighted by Gasteiger charge is 2.27. The van der Waals surface area contributed by atoms with Crippen LogP contribution in [-0.2, 0) is 9.53 Å². The third kappa shape index (κ3) is 2.41. The number of hydrogen-bond donors (Lipinski definition) is 0. The highest BCUT2D eigenvalue weighted by molar-refractivity contribution is 7.99. The summed E-state index contributed by atoms with van der Waals surface area (Å²) in [6, 6.07) is 0. The van der Waals surface area contributed by atoms with Crippen molar-refractivity contribution in [1.29, 1.82) is 0 Å². The zero-order chi connectivity index (χ0) is 8.97. The molecule has 70 valence electrons. The number of esters is 1. The molecule has 0 amide bonds. The van der Waals surface area contributed by atoms with Crippen LogP contribution < -0.4 is 0 Å². The number of carbonyl (C=O) groups is 1. The molecule has 0 aromatic heterocycles. The average molecular weight is 188 g/mol. The van der Waals surface area contributed by atoms with Gasteiger partial charge < -0.3 is 4.74 Å². The molecule has 12 heavy (non-hydrogen) atoms. The van der Waals surface area contributed by atoms with E-state index in [0.717, 1.165) is 5.75 Å². The Hall–Kier alpha value is -0.180. The fourth-order valence-corrected chi connectivity index (χ4v) is 2.81. The monoisotopic (exact) mass is 188 g/mol. The summed E-state index contributed by atoms with van der Waals surface area (Å²) in [5.74, 6) is 2.95. The van der Waals surface area contributed by atoms with Gasteiger partial charge in [0, 0.05) is 0 Å². The van der Waals surface area contributed by atoms with Gasteiger partial charge in [-0.1, -0.05) is 6.92 Å². The molecular weight excluding hydrogens is 172 g/mol. The minimum atomic E-state index is -0.0231. The molecule has 1 aliphatic rings. The van der Waals surface area contributed by atoms with E-state index in [1.165, 1.54) is 12.2 Å². The van der Waals surface area contributed by atoms with E-state index in [9.17, 15) is 4.79 Å². The molecule has 1 aliphatic heterocycles. The van der Waals surface area contributed by atoms with Crippen molar-refractivity contribution in [1.82, 2.24) is 0 Å². The van der Waals surface area contributed by atoms with Gasteiger partial charge in [0.2, 0.25) is 0 Å². The molecule has 0 bridgehead atoms. The molecule has 2 nitrogen and oxygen atoms in total. The SMILES string of the molecule is CCOC(=O)C(C)C1CCSC1. The second kappa shape index (κ2) is 4.75. The summed E-state index contributed by atoms with van der Waals surface area (Å²) in [6.07, 6.45) is 1.17. The molecule has 2 unspecified atom stereocenters. The van der Waals surface area contributed by atoms with E-state index >= 15 is 0 Å². The Labute approximate surface area is 78.1 Å². The molecule has 0 aliphatic carbocycles. The van der Waals surface area contributed by atoms with E-state index in [1.807, 2.05) is 25.6 Å². The molecule has 2 atom stereocenters. The second-order valence-corrected chi connectivity index (χ2v) is 4.31. The van der Waals surface area contributed by atoms with Crippen molar-refractivity contribution in [2.24, 2.45) is 11.8 Å². The topological polar surface area (TPSA) is 26.3 Å². The number of hydrogen-bond acceptors (Lipinski definition) is 3. The van der Waals surface area contributed by atoms with Crippen LogP contribution in [0.15, 0.2) is 0 Å². The molecule has 0 saturated carbocycles. The zero-order valence-electron chi connectivity index (χ0n) is 7.71. The third-order valence-electron chi connectivity index (χ3n) is 2.33. The Morgan fingerprint density at radius 3 is 3.00 bits per heavy atom. The van der Waals surface area contributed by atoms with E-state index in [4.69, 9.17) is 4.74 Å². The summed E-state index contributed by atoms with van der Waals surface area (Å²) in [6.45, 7) is 4.34. The lowest BCUT2D eigenvalue weighted by Gasteiger charge is -2.15. The Balaban J connectivity index is 2.34. The largest absolute Gasteiger partial charge is 0.466 e.